The predicted molar refractivity (Wildman–Crippen MR) is 68.9 cm³/mol. The van der Waals surface area contributed by atoms with Gasteiger partial charge in [-0.1, -0.05) is 5.21 Å². The van der Waals surface area contributed by atoms with E-state index < -0.39 is 0 Å². The molecule has 1 aromatic rings. The highest BCUT2D eigenvalue weighted by molar-refractivity contribution is 7.99. The summed E-state index contributed by atoms with van der Waals surface area (Å²) in [6, 6.07) is 0.322. The molecule has 2 aliphatic heterocycles. The Labute approximate surface area is 110 Å². The molecule has 1 atom stereocenters. The molecule has 98 valence electrons. The minimum absolute atomic E-state index is 0.0431. The molecule has 18 heavy (non-hydrogen) atoms. The molecular weight excluding hydrogens is 250 g/mol. The zero-order chi connectivity index (χ0) is 12.4. The quantitative estimate of drug-likeness (QED) is 0.763. The van der Waals surface area contributed by atoms with E-state index in [1.807, 2.05) is 16.4 Å². The first-order valence-electron chi connectivity index (χ1n) is 6.40. The van der Waals surface area contributed by atoms with Gasteiger partial charge in [0.05, 0.1) is 17.8 Å². The number of hydrogen-bond acceptors (Lipinski definition) is 5. The molecule has 1 spiro atoms. The van der Waals surface area contributed by atoms with Crippen LogP contribution in [0.1, 0.15) is 42.2 Å². The zero-order valence-electron chi connectivity index (χ0n) is 10.2. The Morgan fingerprint density at radius 3 is 3.06 bits per heavy atom. The van der Waals surface area contributed by atoms with Gasteiger partial charge in [0.1, 0.15) is 5.69 Å². The first kappa shape index (κ1) is 12.2. The van der Waals surface area contributed by atoms with E-state index in [1.165, 1.54) is 11.5 Å². The molecule has 1 aromatic heterocycles. The fraction of sp³-hybridized carbons (Fsp3) is 0.750. The van der Waals surface area contributed by atoms with Crippen molar-refractivity contribution in [2.45, 2.75) is 37.3 Å². The fourth-order valence-electron chi connectivity index (χ4n) is 2.84. The minimum atomic E-state index is 0.0431. The molecule has 5 nitrogen and oxygen atoms in total. The molecular formula is C12H17N3O2S. The number of aldehydes is 1. The van der Waals surface area contributed by atoms with Gasteiger partial charge >= 0.3 is 0 Å². The summed E-state index contributed by atoms with van der Waals surface area (Å²) in [4.78, 5) is 10.7. The van der Waals surface area contributed by atoms with Crippen molar-refractivity contribution in [1.29, 1.82) is 0 Å². The van der Waals surface area contributed by atoms with Crippen LogP contribution in [0.5, 0.6) is 0 Å². The van der Waals surface area contributed by atoms with Gasteiger partial charge in [0, 0.05) is 6.61 Å². The molecule has 0 radical (unpaired) electrons. The van der Waals surface area contributed by atoms with Gasteiger partial charge in [0.25, 0.3) is 0 Å². The predicted octanol–water partition coefficient (Wildman–Crippen LogP) is 1.71. The van der Waals surface area contributed by atoms with Crippen molar-refractivity contribution in [1.82, 2.24) is 15.0 Å². The second-order valence-electron chi connectivity index (χ2n) is 5.03. The molecule has 2 aliphatic rings. The first-order chi connectivity index (χ1) is 8.81. The van der Waals surface area contributed by atoms with Gasteiger partial charge in [0.15, 0.2) is 6.29 Å². The van der Waals surface area contributed by atoms with Gasteiger partial charge in [-0.3, -0.25) is 4.79 Å². The maximum atomic E-state index is 10.7. The highest BCUT2D eigenvalue weighted by Gasteiger charge is 2.39. The van der Waals surface area contributed by atoms with Crippen LogP contribution >= 0.6 is 11.8 Å². The molecule has 0 amide bonds. The maximum Gasteiger partial charge on any atom is 0.171 e. The van der Waals surface area contributed by atoms with Gasteiger partial charge in [-0.25, -0.2) is 4.68 Å². The van der Waals surface area contributed by atoms with Gasteiger partial charge in [-0.15, -0.1) is 5.10 Å². The molecule has 0 bridgehead atoms. The van der Waals surface area contributed by atoms with Crippen LogP contribution in [-0.2, 0) is 4.74 Å². The third-order valence-electron chi connectivity index (χ3n) is 3.89. The summed E-state index contributed by atoms with van der Waals surface area (Å²) in [6.07, 6.45) is 6.70. The summed E-state index contributed by atoms with van der Waals surface area (Å²) in [5, 5.41) is 7.91. The largest absolute Gasteiger partial charge is 0.375 e. The third-order valence-corrected chi connectivity index (χ3v) is 4.88. The smallest absolute Gasteiger partial charge is 0.171 e. The van der Waals surface area contributed by atoms with Crippen LogP contribution in [0.3, 0.4) is 0 Å². The van der Waals surface area contributed by atoms with Crippen molar-refractivity contribution < 1.29 is 9.53 Å². The second-order valence-corrected chi connectivity index (χ2v) is 6.26. The fourth-order valence-corrected chi connectivity index (χ4v) is 4.08. The normalized spacial score (nSPS) is 27.2. The molecule has 6 heteroatoms. The van der Waals surface area contributed by atoms with Crippen LogP contribution in [0, 0.1) is 0 Å². The van der Waals surface area contributed by atoms with Crippen LogP contribution in [0.25, 0.3) is 0 Å². The van der Waals surface area contributed by atoms with Crippen molar-refractivity contribution >= 4 is 18.0 Å². The molecule has 3 rings (SSSR count). The summed E-state index contributed by atoms with van der Waals surface area (Å²) in [7, 11) is 0. The van der Waals surface area contributed by atoms with E-state index in [4.69, 9.17) is 4.74 Å². The van der Waals surface area contributed by atoms with E-state index in [0.29, 0.717) is 11.7 Å². The van der Waals surface area contributed by atoms with E-state index in [2.05, 4.69) is 10.3 Å². The van der Waals surface area contributed by atoms with Crippen molar-refractivity contribution in [2.75, 3.05) is 18.1 Å². The van der Waals surface area contributed by atoms with Crippen molar-refractivity contribution in [2.24, 2.45) is 0 Å². The lowest BCUT2D eigenvalue weighted by Gasteiger charge is -2.43. The Hall–Kier alpha value is -0.880. The monoisotopic (exact) mass is 267 g/mol. The Balaban J connectivity index is 1.75. The molecule has 0 N–H and O–H groups in total. The van der Waals surface area contributed by atoms with E-state index in [0.717, 1.165) is 38.6 Å². The standard InChI is InChI=1S/C12H17N3O2S/c16-9-10-8-15(14-13-10)11-1-4-17-12(7-11)2-5-18-6-3-12/h8-9,11H,1-7H2. The van der Waals surface area contributed by atoms with E-state index >= 15 is 0 Å². The number of aromatic nitrogens is 3. The average Bonchev–Trinajstić information content (AvgIpc) is 2.88. The Kier molecular flexibility index (Phi) is 3.39. The summed E-state index contributed by atoms with van der Waals surface area (Å²) >= 11 is 2.01. The van der Waals surface area contributed by atoms with Gasteiger partial charge in [0.2, 0.25) is 0 Å². The molecule has 3 heterocycles. The van der Waals surface area contributed by atoms with Crippen molar-refractivity contribution in [3.8, 4) is 0 Å². The third kappa shape index (κ3) is 2.31. The zero-order valence-corrected chi connectivity index (χ0v) is 11.1. The number of hydrogen-bond donors (Lipinski definition) is 0. The topological polar surface area (TPSA) is 57.0 Å². The Morgan fingerprint density at radius 2 is 2.33 bits per heavy atom. The highest BCUT2D eigenvalue weighted by Crippen LogP contribution is 2.41. The Bertz CT molecular complexity index is 423. The van der Waals surface area contributed by atoms with Crippen molar-refractivity contribution in [3.63, 3.8) is 0 Å². The van der Waals surface area contributed by atoms with Crippen LogP contribution in [0.4, 0.5) is 0 Å². The lowest BCUT2D eigenvalue weighted by atomic mass is 9.85. The van der Waals surface area contributed by atoms with Crippen LogP contribution in [-0.4, -0.2) is 45.0 Å². The number of carbonyl (C=O) groups excluding carboxylic acids is 1. The van der Waals surface area contributed by atoms with Crippen LogP contribution in [0.2, 0.25) is 0 Å². The Morgan fingerprint density at radius 1 is 1.50 bits per heavy atom. The SMILES string of the molecule is O=Cc1cn(C2CCOC3(CCSCC3)C2)nn1. The number of thioether (sulfide) groups is 1. The summed E-state index contributed by atoms with van der Waals surface area (Å²) in [6.45, 7) is 0.783. The van der Waals surface area contributed by atoms with E-state index in [9.17, 15) is 4.79 Å². The van der Waals surface area contributed by atoms with E-state index in [-0.39, 0.29) is 5.60 Å². The lowest BCUT2D eigenvalue weighted by Crippen LogP contribution is -2.43. The number of nitrogens with zero attached hydrogens (tertiary/aromatic N) is 3. The van der Waals surface area contributed by atoms with Gasteiger partial charge in [-0.2, -0.15) is 11.8 Å². The van der Waals surface area contributed by atoms with Crippen LogP contribution < -0.4 is 0 Å². The molecule has 1 unspecified atom stereocenters. The molecule has 0 aromatic carbocycles. The number of ether oxygens (including phenoxy) is 1. The lowest BCUT2D eigenvalue weighted by molar-refractivity contribution is -0.100. The second kappa shape index (κ2) is 5.01. The van der Waals surface area contributed by atoms with Crippen LogP contribution in [0.15, 0.2) is 6.20 Å². The van der Waals surface area contributed by atoms with Gasteiger partial charge < -0.3 is 4.74 Å². The van der Waals surface area contributed by atoms with Gasteiger partial charge in [-0.05, 0) is 37.2 Å². The van der Waals surface area contributed by atoms with E-state index in [1.54, 1.807) is 6.20 Å². The summed E-state index contributed by atoms with van der Waals surface area (Å²) in [5.74, 6) is 2.37. The number of rotatable bonds is 2. The molecule has 0 saturated carbocycles. The maximum absolute atomic E-state index is 10.7. The molecule has 2 saturated heterocycles. The minimum Gasteiger partial charge on any atom is -0.375 e. The highest BCUT2D eigenvalue weighted by atomic mass is 32.2. The summed E-state index contributed by atoms with van der Waals surface area (Å²) < 4.78 is 7.89. The summed E-state index contributed by atoms with van der Waals surface area (Å²) in [5.41, 5.74) is 0.455. The molecule has 0 aliphatic carbocycles. The molecule has 2 fully saturated rings. The van der Waals surface area contributed by atoms with Crippen molar-refractivity contribution in [3.05, 3.63) is 11.9 Å². The number of carbonyl (C=O) groups is 1. The first-order valence-corrected chi connectivity index (χ1v) is 7.56. The average molecular weight is 267 g/mol.